The van der Waals surface area contributed by atoms with Gasteiger partial charge in [0.25, 0.3) is 0 Å². The van der Waals surface area contributed by atoms with Crippen molar-refractivity contribution in [3.8, 4) is 0 Å². The molecule has 0 aliphatic carbocycles. The summed E-state index contributed by atoms with van der Waals surface area (Å²) in [5.74, 6) is 0.275. The fourth-order valence-corrected chi connectivity index (χ4v) is 2.38. The topological polar surface area (TPSA) is 119 Å². The maximum atomic E-state index is 11.9. The Labute approximate surface area is 136 Å². The zero-order chi connectivity index (χ0) is 17.1. The number of carbonyl (C=O) groups excluding carboxylic acids is 1. The number of amides is 1. The molecule has 9 nitrogen and oxygen atoms in total. The van der Waals surface area contributed by atoms with E-state index in [0.29, 0.717) is 18.7 Å². The average Bonchev–Trinajstić information content (AvgIpc) is 3.11. The fourth-order valence-electron chi connectivity index (χ4n) is 2.38. The number of H-pyrrole nitrogens is 1. The second-order valence-electron chi connectivity index (χ2n) is 5.36. The summed E-state index contributed by atoms with van der Waals surface area (Å²) in [7, 11) is 0. The van der Waals surface area contributed by atoms with E-state index in [4.69, 9.17) is 0 Å². The first-order valence-corrected chi connectivity index (χ1v) is 7.42. The van der Waals surface area contributed by atoms with Crippen LogP contribution in [0, 0.1) is 17.0 Å². The van der Waals surface area contributed by atoms with E-state index < -0.39 is 4.92 Å². The lowest BCUT2D eigenvalue weighted by Gasteiger charge is -2.03. The van der Waals surface area contributed by atoms with Crippen LogP contribution in [-0.2, 0) is 17.8 Å². The molecule has 2 heterocycles. The molecule has 0 unspecified atom stereocenters. The highest BCUT2D eigenvalue weighted by atomic mass is 16.6. The van der Waals surface area contributed by atoms with Crippen molar-refractivity contribution in [3.05, 3.63) is 52.0 Å². The summed E-state index contributed by atoms with van der Waals surface area (Å²) < 4.78 is 1.31. The smallest absolute Gasteiger partial charge is 0.358 e. The molecule has 3 rings (SSSR count). The van der Waals surface area contributed by atoms with Gasteiger partial charge in [-0.25, -0.2) is 4.98 Å². The minimum atomic E-state index is -0.580. The number of hydrogen-bond donors (Lipinski definition) is 2. The quantitative estimate of drug-likeness (QED) is 0.523. The Morgan fingerprint density at radius 2 is 2.21 bits per heavy atom. The highest BCUT2D eigenvalue weighted by Crippen LogP contribution is 2.11. The SMILES string of the molecule is Cc1cc([N+](=O)[O-])nn1CC(=O)NCCc1nc2ccccc2[nH]1. The Morgan fingerprint density at radius 3 is 2.92 bits per heavy atom. The van der Waals surface area contributed by atoms with E-state index in [0.717, 1.165) is 16.9 Å². The molecule has 0 fully saturated rings. The molecule has 2 N–H and O–H groups in total. The van der Waals surface area contributed by atoms with Crippen molar-refractivity contribution in [2.75, 3.05) is 6.54 Å². The maximum absolute atomic E-state index is 11.9. The number of fused-ring (bicyclic) bond motifs is 1. The van der Waals surface area contributed by atoms with Crippen molar-refractivity contribution in [3.63, 3.8) is 0 Å². The third kappa shape index (κ3) is 3.40. The molecule has 3 aromatic rings. The molecule has 0 saturated carbocycles. The van der Waals surface area contributed by atoms with Crippen LogP contribution in [0.25, 0.3) is 11.0 Å². The van der Waals surface area contributed by atoms with Crippen molar-refractivity contribution < 1.29 is 9.72 Å². The van der Waals surface area contributed by atoms with Gasteiger partial charge >= 0.3 is 5.82 Å². The van der Waals surface area contributed by atoms with Gasteiger partial charge in [0.15, 0.2) is 0 Å². The Hall–Kier alpha value is -3.23. The minimum absolute atomic E-state index is 0.0558. The van der Waals surface area contributed by atoms with Gasteiger partial charge in [-0.15, -0.1) is 0 Å². The Kier molecular flexibility index (Phi) is 4.23. The van der Waals surface area contributed by atoms with E-state index >= 15 is 0 Å². The number of aryl methyl sites for hydroxylation is 1. The molecule has 0 spiro atoms. The molecular formula is C15H16N6O3. The first-order chi connectivity index (χ1) is 11.5. The van der Waals surface area contributed by atoms with Gasteiger partial charge in [0, 0.05) is 13.0 Å². The zero-order valence-electron chi connectivity index (χ0n) is 13.0. The summed E-state index contributed by atoms with van der Waals surface area (Å²) in [6.07, 6.45) is 0.568. The second kappa shape index (κ2) is 6.49. The van der Waals surface area contributed by atoms with Crippen LogP contribution in [-0.4, -0.2) is 37.1 Å². The number of hydrogen-bond acceptors (Lipinski definition) is 5. The Bertz CT molecular complexity index is 865. The van der Waals surface area contributed by atoms with E-state index in [1.54, 1.807) is 6.92 Å². The van der Waals surface area contributed by atoms with Crippen molar-refractivity contribution >= 4 is 22.8 Å². The van der Waals surface area contributed by atoms with Gasteiger partial charge in [0.1, 0.15) is 12.4 Å². The number of nitro groups is 1. The van der Waals surface area contributed by atoms with Gasteiger partial charge in [0.05, 0.1) is 27.9 Å². The number of aromatic amines is 1. The number of para-hydroxylation sites is 2. The lowest BCUT2D eigenvalue weighted by molar-refractivity contribution is -0.389. The first kappa shape index (κ1) is 15.7. The highest BCUT2D eigenvalue weighted by Gasteiger charge is 2.17. The van der Waals surface area contributed by atoms with Crippen LogP contribution in [0.5, 0.6) is 0 Å². The minimum Gasteiger partial charge on any atom is -0.358 e. The second-order valence-corrected chi connectivity index (χ2v) is 5.36. The third-order valence-electron chi connectivity index (χ3n) is 3.57. The lowest BCUT2D eigenvalue weighted by Crippen LogP contribution is -2.30. The van der Waals surface area contributed by atoms with E-state index in [1.165, 1.54) is 10.7 Å². The van der Waals surface area contributed by atoms with Gasteiger partial charge in [-0.2, -0.15) is 4.68 Å². The van der Waals surface area contributed by atoms with Crippen molar-refractivity contribution in [2.24, 2.45) is 0 Å². The molecule has 24 heavy (non-hydrogen) atoms. The Balaban J connectivity index is 1.53. The fraction of sp³-hybridized carbons (Fsp3) is 0.267. The average molecular weight is 328 g/mol. The van der Waals surface area contributed by atoms with Crippen molar-refractivity contribution in [1.82, 2.24) is 25.1 Å². The number of aromatic nitrogens is 4. The summed E-state index contributed by atoms with van der Waals surface area (Å²) >= 11 is 0. The van der Waals surface area contributed by atoms with Crippen LogP contribution in [0.1, 0.15) is 11.5 Å². The summed E-state index contributed by atoms with van der Waals surface area (Å²) in [5, 5.41) is 17.2. The number of rotatable bonds is 6. The number of nitrogens with one attached hydrogen (secondary N) is 2. The van der Waals surface area contributed by atoms with E-state index in [-0.39, 0.29) is 18.3 Å². The van der Waals surface area contributed by atoms with Gasteiger partial charge in [0.2, 0.25) is 5.91 Å². The summed E-state index contributed by atoms with van der Waals surface area (Å²) in [4.78, 5) is 29.6. The zero-order valence-corrected chi connectivity index (χ0v) is 13.0. The normalized spacial score (nSPS) is 10.9. The lowest BCUT2D eigenvalue weighted by atomic mass is 10.3. The number of imidazole rings is 1. The van der Waals surface area contributed by atoms with Crippen LogP contribution in [0.3, 0.4) is 0 Å². The maximum Gasteiger partial charge on any atom is 0.390 e. The van der Waals surface area contributed by atoms with Crippen molar-refractivity contribution in [2.45, 2.75) is 19.9 Å². The van der Waals surface area contributed by atoms with Crippen LogP contribution < -0.4 is 5.32 Å². The van der Waals surface area contributed by atoms with Gasteiger partial charge < -0.3 is 20.4 Å². The van der Waals surface area contributed by atoms with Crippen LogP contribution >= 0.6 is 0 Å². The molecule has 0 radical (unpaired) electrons. The van der Waals surface area contributed by atoms with E-state index in [9.17, 15) is 14.9 Å². The van der Waals surface area contributed by atoms with E-state index in [2.05, 4.69) is 20.4 Å². The monoisotopic (exact) mass is 328 g/mol. The molecule has 1 aromatic carbocycles. The van der Waals surface area contributed by atoms with Gasteiger partial charge in [-0.1, -0.05) is 12.1 Å². The molecular weight excluding hydrogens is 312 g/mol. The third-order valence-corrected chi connectivity index (χ3v) is 3.57. The molecule has 0 aliphatic heterocycles. The largest absolute Gasteiger partial charge is 0.390 e. The summed E-state index contributed by atoms with van der Waals surface area (Å²) in [6.45, 7) is 2.03. The van der Waals surface area contributed by atoms with Crippen LogP contribution in [0.2, 0.25) is 0 Å². The molecule has 124 valence electrons. The molecule has 0 atom stereocenters. The molecule has 9 heteroatoms. The van der Waals surface area contributed by atoms with Crippen molar-refractivity contribution in [1.29, 1.82) is 0 Å². The first-order valence-electron chi connectivity index (χ1n) is 7.42. The molecule has 0 saturated heterocycles. The number of nitrogens with zero attached hydrogens (tertiary/aromatic N) is 4. The predicted octanol–water partition coefficient (Wildman–Crippen LogP) is 1.33. The van der Waals surface area contributed by atoms with Crippen LogP contribution in [0.15, 0.2) is 30.3 Å². The molecule has 2 aromatic heterocycles. The summed E-state index contributed by atoms with van der Waals surface area (Å²) in [5.41, 5.74) is 2.41. The van der Waals surface area contributed by atoms with Gasteiger partial charge in [-0.3, -0.25) is 4.79 Å². The highest BCUT2D eigenvalue weighted by molar-refractivity contribution is 5.76. The van der Waals surface area contributed by atoms with E-state index in [1.807, 2.05) is 24.3 Å². The molecule has 1 amide bonds. The predicted molar refractivity (Wildman–Crippen MR) is 86.4 cm³/mol. The standard InChI is InChI=1S/C15H16N6O3/c1-10-8-14(21(23)24)19-20(10)9-15(22)16-7-6-13-17-11-4-2-3-5-12(11)18-13/h2-5,8H,6-7,9H2,1H3,(H,16,22)(H,17,18). The molecule has 0 aliphatic rings. The number of carbonyl (C=O) groups is 1. The summed E-state index contributed by atoms with van der Waals surface area (Å²) in [6, 6.07) is 9.04. The van der Waals surface area contributed by atoms with Gasteiger partial charge in [-0.05, 0) is 24.0 Å². The molecule has 0 bridgehead atoms. The number of benzene rings is 1. The van der Waals surface area contributed by atoms with Crippen LogP contribution in [0.4, 0.5) is 5.82 Å². The Morgan fingerprint density at radius 1 is 1.42 bits per heavy atom.